The maximum atomic E-state index is 13.3. The zero-order chi connectivity index (χ0) is 25.6. The van der Waals surface area contributed by atoms with E-state index in [-0.39, 0.29) is 26.8 Å². The number of hydrogen-bond acceptors (Lipinski definition) is 6. The Balaban J connectivity index is 1.86. The molecule has 1 aromatic heterocycles. The summed E-state index contributed by atoms with van der Waals surface area (Å²) in [7, 11) is -0.925. The van der Waals surface area contributed by atoms with Crippen LogP contribution in [0.2, 0.25) is 0 Å². The first kappa shape index (κ1) is 26.6. The van der Waals surface area contributed by atoms with Crippen molar-refractivity contribution in [1.29, 1.82) is 0 Å². The standard InChI is InChI=1S/C25H36N2O5S2/c1-24(2,3)18-13-17(14-19(22(18)28)25(4,5)6)33-16-11-12-27(15-16)34(30,31)21-10-9-20(26(21)7)23(29)32-8/h9-10,13-14,16,28H,11-12,15H2,1-8H3. The van der Waals surface area contributed by atoms with Crippen molar-refractivity contribution in [2.45, 2.75) is 74.0 Å². The molecule has 34 heavy (non-hydrogen) atoms. The molecule has 1 unspecified atom stereocenters. The van der Waals surface area contributed by atoms with Crippen molar-refractivity contribution in [2.24, 2.45) is 7.05 Å². The Morgan fingerprint density at radius 2 is 1.65 bits per heavy atom. The topological polar surface area (TPSA) is 88.8 Å². The van der Waals surface area contributed by atoms with E-state index in [4.69, 9.17) is 4.74 Å². The van der Waals surface area contributed by atoms with Gasteiger partial charge in [0.15, 0.2) is 5.03 Å². The van der Waals surface area contributed by atoms with Crippen LogP contribution in [-0.4, -0.2) is 53.8 Å². The molecule has 3 rings (SSSR count). The van der Waals surface area contributed by atoms with Gasteiger partial charge in [0.05, 0.1) is 7.11 Å². The third kappa shape index (κ3) is 5.16. The number of aromatic hydroxyl groups is 1. The van der Waals surface area contributed by atoms with E-state index >= 15 is 0 Å². The molecule has 0 spiro atoms. The number of thioether (sulfide) groups is 1. The minimum absolute atomic E-state index is 0.0771. The number of methoxy groups -OCH3 is 1. The number of ether oxygens (including phenoxy) is 1. The van der Waals surface area contributed by atoms with Crippen LogP contribution in [0.15, 0.2) is 34.2 Å². The van der Waals surface area contributed by atoms with Gasteiger partial charge in [0, 0.05) is 41.4 Å². The van der Waals surface area contributed by atoms with Gasteiger partial charge in [-0.15, -0.1) is 11.8 Å². The average molecular weight is 509 g/mol. The second-order valence-corrected chi connectivity index (χ2v) is 14.1. The van der Waals surface area contributed by atoms with E-state index in [1.807, 2.05) is 12.1 Å². The number of aromatic nitrogens is 1. The molecule has 0 aliphatic carbocycles. The largest absolute Gasteiger partial charge is 0.507 e. The molecular weight excluding hydrogens is 472 g/mol. The van der Waals surface area contributed by atoms with Crippen LogP contribution in [-0.2, 0) is 32.6 Å². The zero-order valence-corrected chi connectivity index (χ0v) is 22.9. The number of nitrogens with zero attached hydrogens (tertiary/aromatic N) is 2. The molecule has 7 nitrogen and oxygen atoms in total. The minimum atomic E-state index is -3.75. The third-order valence-corrected chi connectivity index (χ3v) is 9.36. The normalized spacial score (nSPS) is 17.8. The highest BCUT2D eigenvalue weighted by Crippen LogP contribution is 2.43. The van der Waals surface area contributed by atoms with Gasteiger partial charge in [-0.3, -0.25) is 0 Å². The van der Waals surface area contributed by atoms with Gasteiger partial charge in [0.2, 0.25) is 0 Å². The highest BCUT2D eigenvalue weighted by molar-refractivity contribution is 8.00. The summed E-state index contributed by atoms with van der Waals surface area (Å²) >= 11 is 1.66. The number of hydrogen-bond donors (Lipinski definition) is 1. The summed E-state index contributed by atoms with van der Waals surface area (Å²) in [6.07, 6.45) is 0.717. The molecule has 2 heterocycles. The van der Waals surface area contributed by atoms with Gasteiger partial charge in [0.25, 0.3) is 10.0 Å². The van der Waals surface area contributed by atoms with Crippen LogP contribution in [0.4, 0.5) is 0 Å². The van der Waals surface area contributed by atoms with Crippen molar-refractivity contribution in [1.82, 2.24) is 8.87 Å². The van der Waals surface area contributed by atoms with Crippen molar-refractivity contribution in [3.05, 3.63) is 41.1 Å². The maximum Gasteiger partial charge on any atom is 0.354 e. The summed E-state index contributed by atoms with van der Waals surface area (Å²) in [5.41, 5.74) is 1.53. The minimum Gasteiger partial charge on any atom is -0.507 e. The van der Waals surface area contributed by atoms with E-state index in [2.05, 4.69) is 41.5 Å². The molecule has 1 saturated heterocycles. The number of carbonyl (C=O) groups is 1. The second kappa shape index (κ2) is 9.24. The Morgan fingerprint density at radius 3 is 2.15 bits per heavy atom. The fraction of sp³-hybridized carbons (Fsp3) is 0.560. The molecule has 1 aliphatic heterocycles. The summed E-state index contributed by atoms with van der Waals surface area (Å²) in [5.74, 6) is -0.236. The Hall–Kier alpha value is -1.97. The van der Waals surface area contributed by atoms with Gasteiger partial charge in [-0.1, -0.05) is 41.5 Å². The summed E-state index contributed by atoms with van der Waals surface area (Å²) in [6, 6.07) is 6.99. The molecule has 1 fully saturated rings. The summed E-state index contributed by atoms with van der Waals surface area (Å²) in [4.78, 5) is 12.9. The van der Waals surface area contributed by atoms with Crippen LogP contribution < -0.4 is 0 Å². The van der Waals surface area contributed by atoms with Crippen LogP contribution in [0.5, 0.6) is 5.75 Å². The molecule has 1 aromatic carbocycles. The van der Waals surface area contributed by atoms with Crippen LogP contribution in [0.1, 0.15) is 69.6 Å². The molecular formula is C25H36N2O5S2. The van der Waals surface area contributed by atoms with Gasteiger partial charge in [-0.2, -0.15) is 4.31 Å². The lowest BCUT2D eigenvalue weighted by Crippen LogP contribution is -2.31. The van der Waals surface area contributed by atoms with E-state index in [1.165, 1.54) is 28.1 Å². The monoisotopic (exact) mass is 508 g/mol. The summed E-state index contributed by atoms with van der Waals surface area (Å²) in [5, 5.41) is 11.1. The number of sulfonamides is 1. The molecule has 0 radical (unpaired) electrons. The SMILES string of the molecule is COC(=O)c1ccc(S(=O)(=O)N2CCC(Sc3cc(C(C)(C)C)c(O)c(C(C)(C)C)c3)C2)n1C. The Morgan fingerprint density at radius 1 is 1.09 bits per heavy atom. The quantitative estimate of drug-likeness (QED) is 0.591. The van der Waals surface area contributed by atoms with Crippen molar-refractivity contribution < 1.29 is 23.1 Å². The predicted molar refractivity (Wildman–Crippen MR) is 135 cm³/mol. The van der Waals surface area contributed by atoms with Crippen molar-refractivity contribution in [3.8, 4) is 5.75 Å². The molecule has 9 heteroatoms. The van der Waals surface area contributed by atoms with Gasteiger partial charge in [-0.05, 0) is 41.5 Å². The van der Waals surface area contributed by atoms with Crippen LogP contribution in [0.25, 0.3) is 0 Å². The van der Waals surface area contributed by atoms with Crippen molar-refractivity contribution in [2.75, 3.05) is 20.2 Å². The number of rotatable bonds is 5. The van der Waals surface area contributed by atoms with Gasteiger partial charge in [-0.25, -0.2) is 13.2 Å². The smallest absolute Gasteiger partial charge is 0.354 e. The lowest BCUT2D eigenvalue weighted by atomic mass is 9.79. The van der Waals surface area contributed by atoms with Gasteiger partial charge in [0.1, 0.15) is 11.4 Å². The first-order valence-electron chi connectivity index (χ1n) is 11.4. The van der Waals surface area contributed by atoms with E-state index in [0.717, 1.165) is 22.4 Å². The van der Waals surface area contributed by atoms with E-state index < -0.39 is 16.0 Å². The highest BCUT2D eigenvalue weighted by Gasteiger charge is 2.36. The van der Waals surface area contributed by atoms with E-state index in [1.54, 1.807) is 18.8 Å². The number of phenolic OH excluding ortho intramolecular Hbond substituents is 1. The number of carbonyl (C=O) groups excluding carboxylic acids is 1. The molecule has 1 aliphatic rings. The van der Waals surface area contributed by atoms with E-state index in [0.29, 0.717) is 18.8 Å². The number of phenols is 1. The number of benzene rings is 1. The molecule has 1 N–H and O–H groups in total. The first-order chi connectivity index (χ1) is 15.6. The Bertz CT molecular complexity index is 1150. The molecule has 0 amide bonds. The van der Waals surface area contributed by atoms with Gasteiger partial charge < -0.3 is 14.4 Å². The van der Waals surface area contributed by atoms with Crippen molar-refractivity contribution >= 4 is 27.8 Å². The van der Waals surface area contributed by atoms with Crippen LogP contribution in [0.3, 0.4) is 0 Å². The molecule has 188 valence electrons. The summed E-state index contributed by atoms with van der Waals surface area (Å²) in [6.45, 7) is 13.3. The molecule has 0 bridgehead atoms. The summed E-state index contributed by atoms with van der Waals surface area (Å²) < 4.78 is 34.2. The average Bonchev–Trinajstić information content (AvgIpc) is 3.34. The lowest BCUT2D eigenvalue weighted by Gasteiger charge is -2.28. The number of esters is 1. The van der Waals surface area contributed by atoms with Crippen LogP contribution in [0, 0.1) is 0 Å². The van der Waals surface area contributed by atoms with E-state index in [9.17, 15) is 18.3 Å². The molecule has 2 aromatic rings. The van der Waals surface area contributed by atoms with Crippen molar-refractivity contribution in [3.63, 3.8) is 0 Å². The fourth-order valence-electron chi connectivity index (χ4n) is 4.22. The Kier molecular flexibility index (Phi) is 7.24. The Labute approximate surface area is 207 Å². The van der Waals surface area contributed by atoms with Crippen LogP contribution >= 0.6 is 11.8 Å². The maximum absolute atomic E-state index is 13.3. The lowest BCUT2D eigenvalue weighted by molar-refractivity contribution is 0.0589. The fourth-order valence-corrected chi connectivity index (χ4v) is 7.22. The molecule has 1 atom stereocenters. The third-order valence-electron chi connectivity index (χ3n) is 6.18. The molecule has 0 saturated carbocycles. The van der Waals surface area contributed by atoms with Gasteiger partial charge >= 0.3 is 5.97 Å². The second-order valence-electron chi connectivity index (χ2n) is 10.9. The zero-order valence-electron chi connectivity index (χ0n) is 21.3. The highest BCUT2D eigenvalue weighted by atomic mass is 32.2. The predicted octanol–water partition coefficient (Wildman–Crippen LogP) is 4.67. The first-order valence-corrected chi connectivity index (χ1v) is 13.7.